The number of nitrogens with two attached hydrogens (primary N) is 1. The average Bonchev–Trinajstić information content (AvgIpc) is 2.28. The number of nitrogens with zero attached hydrogens (tertiary/aromatic N) is 1. The van der Waals surface area contributed by atoms with Crippen LogP contribution >= 0.6 is 0 Å². The highest BCUT2D eigenvalue weighted by Gasteiger charge is 2.41. The van der Waals surface area contributed by atoms with Crippen molar-refractivity contribution in [1.29, 1.82) is 0 Å². The molecule has 1 atom stereocenters. The second kappa shape index (κ2) is 3.66. The van der Waals surface area contributed by atoms with E-state index in [-0.39, 0.29) is 17.5 Å². The van der Waals surface area contributed by atoms with Crippen molar-refractivity contribution in [3.05, 3.63) is 0 Å². The van der Waals surface area contributed by atoms with Gasteiger partial charge in [0.15, 0.2) is 0 Å². The minimum atomic E-state index is -0.147. The first-order valence-electron chi connectivity index (χ1n) is 5.06. The van der Waals surface area contributed by atoms with Crippen LogP contribution < -0.4 is 5.73 Å². The van der Waals surface area contributed by atoms with Gasteiger partial charge in [-0.15, -0.1) is 0 Å². The molecule has 3 nitrogen and oxygen atoms in total. The summed E-state index contributed by atoms with van der Waals surface area (Å²) < 4.78 is 0. The number of hydrogen-bond acceptors (Lipinski definition) is 2. The van der Waals surface area contributed by atoms with E-state index in [4.69, 9.17) is 5.73 Å². The van der Waals surface area contributed by atoms with Gasteiger partial charge in [0.25, 0.3) is 0 Å². The van der Waals surface area contributed by atoms with Gasteiger partial charge in [-0.1, -0.05) is 6.92 Å². The van der Waals surface area contributed by atoms with Gasteiger partial charge in [-0.2, -0.15) is 0 Å². The number of likely N-dealkylation sites (tertiary alicyclic amines) is 1. The lowest BCUT2D eigenvalue weighted by Crippen LogP contribution is -2.51. The fourth-order valence-corrected chi connectivity index (χ4v) is 1.90. The molecular weight excluding hydrogens is 164 g/mol. The second-order valence-corrected chi connectivity index (χ2v) is 4.34. The van der Waals surface area contributed by atoms with Gasteiger partial charge in [0.1, 0.15) is 0 Å². The van der Waals surface area contributed by atoms with Gasteiger partial charge in [-0.05, 0) is 26.7 Å². The van der Waals surface area contributed by atoms with Crippen molar-refractivity contribution in [3.63, 3.8) is 0 Å². The van der Waals surface area contributed by atoms with Crippen LogP contribution in [0.1, 0.15) is 40.0 Å². The molecule has 1 heterocycles. The third-order valence-electron chi connectivity index (χ3n) is 3.03. The Morgan fingerprint density at radius 3 is 2.62 bits per heavy atom. The summed E-state index contributed by atoms with van der Waals surface area (Å²) in [5, 5.41) is 0. The predicted molar refractivity (Wildman–Crippen MR) is 53.3 cm³/mol. The van der Waals surface area contributed by atoms with E-state index in [1.54, 1.807) is 0 Å². The summed E-state index contributed by atoms with van der Waals surface area (Å²) in [5.41, 5.74) is 5.80. The molecule has 1 unspecified atom stereocenters. The third-order valence-corrected chi connectivity index (χ3v) is 3.03. The third kappa shape index (κ3) is 1.85. The Kier molecular flexibility index (Phi) is 2.96. The summed E-state index contributed by atoms with van der Waals surface area (Å²) in [6, 6.07) is 0.133. The van der Waals surface area contributed by atoms with Crippen LogP contribution in [0, 0.1) is 0 Å². The van der Waals surface area contributed by atoms with Crippen molar-refractivity contribution in [2.45, 2.75) is 51.6 Å². The maximum Gasteiger partial charge on any atom is 0.223 e. The first-order valence-corrected chi connectivity index (χ1v) is 5.06. The topological polar surface area (TPSA) is 46.3 Å². The van der Waals surface area contributed by atoms with Crippen LogP contribution in [0.2, 0.25) is 0 Å². The van der Waals surface area contributed by atoms with Crippen molar-refractivity contribution < 1.29 is 4.79 Å². The lowest BCUT2D eigenvalue weighted by Gasteiger charge is -2.34. The molecule has 76 valence electrons. The Bertz CT molecular complexity index is 201. The van der Waals surface area contributed by atoms with Crippen LogP contribution in [0.3, 0.4) is 0 Å². The molecular formula is C10H20N2O. The highest BCUT2D eigenvalue weighted by molar-refractivity contribution is 5.77. The number of carbonyl (C=O) groups excluding carboxylic acids is 1. The molecule has 0 spiro atoms. The molecule has 2 N–H and O–H groups in total. The van der Waals surface area contributed by atoms with Crippen molar-refractivity contribution >= 4 is 5.91 Å². The Morgan fingerprint density at radius 1 is 1.62 bits per heavy atom. The molecule has 0 aromatic heterocycles. The SMILES string of the molecule is CCCC(=O)N1CCC(N)C1(C)C. The molecule has 0 aliphatic carbocycles. The van der Waals surface area contributed by atoms with Gasteiger partial charge in [-0.25, -0.2) is 0 Å². The van der Waals surface area contributed by atoms with E-state index in [0.29, 0.717) is 6.42 Å². The summed E-state index contributed by atoms with van der Waals surface area (Å²) in [6.45, 7) is 6.96. The quantitative estimate of drug-likeness (QED) is 0.699. The summed E-state index contributed by atoms with van der Waals surface area (Å²) in [7, 11) is 0. The van der Waals surface area contributed by atoms with Gasteiger partial charge >= 0.3 is 0 Å². The van der Waals surface area contributed by atoms with Crippen LogP contribution in [0.15, 0.2) is 0 Å². The fourth-order valence-electron chi connectivity index (χ4n) is 1.90. The molecule has 3 heteroatoms. The number of rotatable bonds is 2. The molecule has 0 radical (unpaired) electrons. The molecule has 13 heavy (non-hydrogen) atoms. The molecule has 1 aliphatic rings. The maximum absolute atomic E-state index is 11.7. The predicted octanol–water partition coefficient (Wildman–Crippen LogP) is 1.12. The fraction of sp³-hybridized carbons (Fsp3) is 0.900. The monoisotopic (exact) mass is 184 g/mol. The molecule has 1 fully saturated rings. The van der Waals surface area contributed by atoms with Gasteiger partial charge in [-0.3, -0.25) is 4.79 Å². The summed E-state index contributed by atoms with van der Waals surface area (Å²) in [6.07, 6.45) is 2.50. The van der Waals surface area contributed by atoms with E-state index < -0.39 is 0 Å². The van der Waals surface area contributed by atoms with Gasteiger partial charge in [0, 0.05) is 19.0 Å². The zero-order valence-electron chi connectivity index (χ0n) is 8.84. The number of carbonyl (C=O) groups is 1. The van der Waals surface area contributed by atoms with Crippen LogP contribution in [-0.4, -0.2) is 28.9 Å². The molecule has 1 rings (SSSR count). The molecule has 0 aromatic rings. The Hall–Kier alpha value is -0.570. The first-order chi connectivity index (χ1) is 6.00. The lowest BCUT2D eigenvalue weighted by atomic mass is 9.96. The summed E-state index contributed by atoms with van der Waals surface area (Å²) in [5.74, 6) is 0.250. The molecule has 1 amide bonds. The van der Waals surface area contributed by atoms with Crippen molar-refractivity contribution in [2.75, 3.05) is 6.54 Å². The minimum Gasteiger partial charge on any atom is -0.336 e. The van der Waals surface area contributed by atoms with Crippen molar-refractivity contribution in [3.8, 4) is 0 Å². The standard InChI is InChI=1S/C10H20N2O/c1-4-5-9(13)12-7-6-8(11)10(12,2)3/h8H,4-7,11H2,1-3H3. The largest absolute Gasteiger partial charge is 0.336 e. The lowest BCUT2D eigenvalue weighted by molar-refractivity contribution is -0.134. The maximum atomic E-state index is 11.7. The molecule has 0 bridgehead atoms. The van der Waals surface area contributed by atoms with E-state index in [1.165, 1.54) is 0 Å². The van der Waals surface area contributed by atoms with Crippen LogP contribution in [0.25, 0.3) is 0 Å². The highest BCUT2D eigenvalue weighted by atomic mass is 16.2. The van der Waals surface area contributed by atoms with E-state index >= 15 is 0 Å². The normalized spacial score (nSPS) is 26.5. The van der Waals surface area contributed by atoms with E-state index in [9.17, 15) is 4.79 Å². The van der Waals surface area contributed by atoms with Crippen LogP contribution in [-0.2, 0) is 4.79 Å². The van der Waals surface area contributed by atoms with E-state index in [2.05, 4.69) is 13.8 Å². The van der Waals surface area contributed by atoms with Gasteiger partial charge < -0.3 is 10.6 Å². The van der Waals surface area contributed by atoms with Gasteiger partial charge in [0.05, 0.1) is 5.54 Å². The van der Waals surface area contributed by atoms with E-state index in [1.807, 2.05) is 11.8 Å². The molecule has 0 aromatic carbocycles. The zero-order chi connectivity index (χ0) is 10.1. The molecule has 0 saturated carbocycles. The summed E-state index contributed by atoms with van der Waals surface area (Å²) in [4.78, 5) is 13.6. The Balaban J connectivity index is 2.66. The highest BCUT2D eigenvalue weighted by Crippen LogP contribution is 2.28. The first kappa shape index (κ1) is 10.5. The molecule has 1 aliphatic heterocycles. The van der Waals surface area contributed by atoms with Crippen LogP contribution in [0.5, 0.6) is 0 Å². The summed E-state index contributed by atoms with van der Waals surface area (Å²) >= 11 is 0. The van der Waals surface area contributed by atoms with Gasteiger partial charge in [0.2, 0.25) is 5.91 Å². The smallest absolute Gasteiger partial charge is 0.223 e. The van der Waals surface area contributed by atoms with Crippen LogP contribution in [0.4, 0.5) is 0 Å². The van der Waals surface area contributed by atoms with Crippen molar-refractivity contribution in [2.24, 2.45) is 5.73 Å². The average molecular weight is 184 g/mol. The van der Waals surface area contributed by atoms with E-state index in [0.717, 1.165) is 19.4 Å². The number of hydrogen-bond donors (Lipinski definition) is 1. The zero-order valence-corrected chi connectivity index (χ0v) is 8.84. The Morgan fingerprint density at radius 2 is 2.23 bits per heavy atom. The minimum absolute atomic E-state index is 0.133. The van der Waals surface area contributed by atoms with Crippen molar-refractivity contribution in [1.82, 2.24) is 4.90 Å². The number of amides is 1. The second-order valence-electron chi connectivity index (χ2n) is 4.34. The molecule has 1 saturated heterocycles. The Labute approximate surface area is 80.3 Å².